The van der Waals surface area contributed by atoms with Crippen molar-refractivity contribution in [3.8, 4) is 5.75 Å². The second kappa shape index (κ2) is 8.69. The molecule has 3 aromatic rings. The van der Waals surface area contributed by atoms with E-state index in [2.05, 4.69) is 47.1 Å². The fraction of sp³-hybridized carbons (Fsp3) is 0.435. The summed E-state index contributed by atoms with van der Waals surface area (Å²) in [5, 5.41) is 0.780. The van der Waals surface area contributed by atoms with Gasteiger partial charge < -0.3 is 4.74 Å². The Morgan fingerprint density at radius 1 is 1.00 bits per heavy atom. The maximum absolute atomic E-state index is 12.9. The molecule has 1 aliphatic rings. The zero-order chi connectivity index (χ0) is 20.4. The fourth-order valence-electron chi connectivity index (χ4n) is 4.04. The number of rotatable bonds is 6. The van der Waals surface area contributed by atoms with Crippen LogP contribution in [-0.2, 0) is 13.1 Å². The highest BCUT2D eigenvalue weighted by Gasteiger charge is 2.19. The Labute approximate surface area is 176 Å². The number of hydrogen-bond acceptors (Lipinski definition) is 5. The summed E-state index contributed by atoms with van der Waals surface area (Å²) in [6, 6.07) is 12.7. The third kappa shape index (κ3) is 4.25. The van der Waals surface area contributed by atoms with Crippen molar-refractivity contribution in [3.63, 3.8) is 0 Å². The molecule has 0 atom stereocenters. The van der Waals surface area contributed by atoms with E-state index < -0.39 is 0 Å². The highest BCUT2D eigenvalue weighted by Crippen LogP contribution is 2.33. The number of aromatic nitrogens is 1. The van der Waals surface area contributed by atoms with Crippen LogP contribution < -0.4 is 10.3 Å². The molecule has 0 bridgehead atoms. The van der Waals surface area contributed by atoms with Gasteiger partial charge >= 0.3 is 0 Å². The summed E-state index contributed by atoms with van der Waals surface area (Å²) in [6.07, 6.45) is 0. The molecule has 1 saturated heterocycles. The number of methoxy groups -OCH3 is 1. The standard InChI is InChI=1S/C23H29N3O2S/c1-17-15-20-22(21(28-3)18(17)2)29-26(23(20)27)14-13-24-9-11-25(12-10-24)16-19-7-5-4-6-8-19/h4-8,15H,9-14,16H2,1-3H3. The van der Waals surface area contributed by atoms with E-state index in [4.69, 9.17) is 4.74 Å². The van der Waals surface area contributed by atoms with Gasteiger partial charge in [0.05, 0.1) is 17.2 Å². The van der Waals surface area contributed by atoms with Crippen molar-refractivity contribution in [2.45, 2.75) is 26.9 Å². The minimum absolute atomic E-state index is 0.106. The van der Waals surface area contributed by atoms with Gasteiger partial charge in [0.15, 0.2) is 0 Å². The predicted molar refractivity (Wildman–Crippen MR) is 120 cm³/mol. The molecule has 2 heterocycles. The lowest BCUT2D eigenvalue weighted by molar-refractivity contribution is 0.124. The second-order valence-corrected chi connectivity index (χ2v) is 8.86. The number of ether oxygens (including phenoxy) is 1. The van der Waals surface area contributed by atoms with Gasteiger partial charge in [0.25, 0.3) is 5.56 Å². The van der Waals surface area contributed by atoms with Gasteiger partial charge in [-0.25, -0.2) is 0 Å². The molecule has 29 heavy (non-hydrogen) atoms. The van der Waals surface area contributed by atoms with E-state index in [1.54, 1.807) is 7.11 Å². The maximum Gasteiger partial charge on any atom is 0.268 e. The summed E-state index contributed by atoms with van der Waals surface area (Å²) in [5.74, 6) is 0.843. The van der Waals surface area contributed by atoms with Crippen molar-refractivity contribution in [2.75, 3.05) is 39.8 Å². The number of nitrogens with zero attached hydrogens (tertiary/aromatic N) is 3. The van der Waals surface area contributed by atoms with E-state index in [0.29, 0.717) is 0 Å². The molecule has 6 heteroatoms. The maximum atomic E-state index is 12.9. The van der Waals surface area contributed by atoms with Gasteiger partial charge in [-0.1, -0.05) is 41.9 Å². The molecule has 0 aliphatic carbocycles. The first kappa shape index (κ1) is 20.1. The van der Waals surface area contributed by atoms with E-state index in [9.17, 15) is 4.79 Å². The molecule has 0 radical (unpaired) electrons. The summed E-state index contributed by atoms with van der Waals surface area (Å²) in [7, 11) is 1.69. The molecule has 1 fully saturated rings. The Bertz CT molecular complexity index is 1030. The molecule has 0 unspecified atom stereocenters. The van der Waals surface area contributed by atoms with Crippen LogP contribution in [0.5, 0.6) is 5.75 Å². The Balaban J connectivity index is 1.38. The third-order valence-corrected chi connectivity index (χ3v) is 7.10. The van der Waals surface area contributed by atoms with Crippen molar-refractivity contribution >= 4 is 21.6 Å². The summed E-state index contributed by atoms with van der Waals surface area (Å²) in [4.78, 5) is 17.9. The molecular weight excluding hydrogens is 382 g/mol. The first-order valence-electron chi connectivity index (χ1n) is 10.2. The number of benzene rings is 2. The summed E-state index contributed by atoms with van der Waals surface area (Å²) in [5.41, 5.74) is 3.69. The summed E-state index contributed by atoms with van der Waals surface area (Å²) in [6.45, 7) is 11.0. The van der Waals surface area contributed by atoms with E-state index in [-0.39, 0.29) is 5.56 Å². The van der Waals surface area contributed by atoms with Gasteiger partial charge in [-0.15, -0.1) is 0 Å². The first-order valence-corrected chi connectivity index (χ1v) is 11.0. The molecule has 0 N–H and O–H groups in total. The highest BCUT2D eigenvalue weighted by molar-refractivity contribution is 7.14. The smallest absolute Gasteiger partial charge is 0.268 e. The molecule has 4 rings (SSSR count). The average molecular weight is 412 g/mol. The van der Waals surface area contributed by atoms with Gasteiger partial charge in [-0.2, -0.15) is 0 Å². The molecule has 0 spiro atoms. The molecule has 0 amide bonds. The lowest BCUT2D eigenvalue weighted by Gasteiger charge is -2.34. The Hall–Kier alpha value is -2.15. The van der Waals surface area contributed by atoms with E-state index >= 15 is 0 Å². The molecule has 0 saturated carbocycles. The largest absolute Gasteiger partial charge is 0.495 e. The van der Waals surface area contributed by atoms with Crippen LogP contribution in [0.2, 0.25) is 0 Å². The minimum Gasteiger partial charge on any atom is -0.495 e. The summed E-state index contributed by atoms with van der Waals surface area (Å²) >= 11 is 1.53. The van der Waals surface area contributed by atoms with Gasteiger partial charge in [-0.05, 0) is 36.6 Å². The quantitative estimate of drug-likeness (QED) is 0.622. The van der Waals surface area contributed by atoms with Crippen LogP contribution in [0.1, 0.15) is 16.7 Å². The Morgan fingerprint density at radius 2 is 1.69 bits per heavy atom. The lowest BCUT2D eigenvalue weighted by Crippen LogP contribution is -2.46. The van der Waals surface area contributed by atoms with Crippen molar-refractivity contribution in [2.24, 2.45) is 0 Å². The van der Waals surface area contributed by atoms with Gasteiger partial charge in [0, 0.05) is 45.8 Å². The van der Waals surface area contributed by atoms with Crippen LogP contribution in [0.3, 0.4) is 0 Å². The van der Waals surface area contributed by atoms with Crippen LogP contribution in [0.15, 0.2) is 41.2 Å². The predicted octanol–water partition coefficient (Wildman–Crippen LogP) is 3.51. The number of hydrogen-bond donors (Lipinski definition) is 0. The van der Waals surface area contributed by atoms with Gasteiger partial charge in [-0.3, -0.25) is 18.6 Å². The van der Waals surface area contributed by atoms with Crippen LogP contribution in [0.4, 0.5) is 0 Å². The van der Waals surface area contributed by atoms with E-state index in [0.717, 1.165) is 72.8 Å². The Kier molecular flexibility index (Phi) is 6.04. The summed E-state index contributed by atoms with van der Waals surface area (Å²) < 4.78 is 8.46. The Morgan fingerprint density at radius 3 is 2.38 bits per heavy atom. The molecular formula is C23H29N3O2S. The molecule has 1 aromatic heterocycles. The van der Waals surface area contributed by atoms with Crippen LogP contribution >= 0.6 is 11.5 Å². The number of fused-ring (bicyclic) bond motifs is 1. The van der Waals surface area contributed by atoms with Crippen molar-refractivity contribution in [1.82, 2.24) is 13.8 Å². The monoisotopic (exact) mass is 411 g/mol. The SMILES string of the molecule is COc1c(C)c(C)cc2c(=O)n(CCN3CCN(Cc4ccccc4)CC3)sc12. The van der Waals surface area contributed by atoms with Crippen LogP contribution in [0.25, 0.3) is 10.1 Å². The van der Waals surface area contributed by atoms with Crippen molar-refractivity contribution < 1.29 is 4.74 Å². The number of aryl methyl sites for hydroxylation is 1. The number of piperazine rings is 1. The van der Waals surface area contributed by atoms with E-state index in [1.807, 2.05) is 16.9 Å². The van der Waals surface area contributed by atoms with Crippen molar-refractivity contribution in [1.29, 1.82) is 0 Å². The molecule has 154 valence electrons. The zero-order valence-electron chi connectivity index (χ0n) is 17.5. The highest BCUT2D eigenvalue weighted by atomic mass is 32.1. The first-order chi connectivity index (χ1) is 14.1. The van der Waals surface area contributed by atoms with Crippen molar-refractivity contribution in [3.05, 3.63) is 63.4 Å². The molecule has 2 aromatic carbocycles. The second-order valence-electron chi connectivity index (χ2n) is 7.83. The minimum atomic E-state index is 0.106. The van der Waals surface area contributed by atoms with Crippen LogP contribution in [0, 0.1) is 13.8 Å². The average Bonchev–Trinajstić information content (AvgIpc) is 3.04. The van der Waals surface area contributed by atoms with Gasteiger partial charge in [0.2, 0.25) is 0 Å². The molecule has 5 nitrogen and oxygen atoms in total. The van der Waals surface area contributed by atoms with Gasteiger partial charge in [0.1, 0.15) is 5.75 Å². The zero-order valence-corrected chi connectivity index (χ0v) is 18.3. The van der Waals surface area contributed by atoms with Crippen LogP contribution in [-0.4, -0.2) is 53.6 Å². The third-order valence-electron chi connectivity index (χ3n) is 5.94. The topological polar surface area (TPSA) is 37.7 Å². The van der Waals surface area contributed by atoms with E-state index in [1.165, 1.54) is 17.1 Å². The molecule has 1 aliphatic heterocycles. The lowest BCUT2D eigenvalue weighted by atomic mass is 10.1. The normalized spacial score (nSPS) is 15.8. The fourth-order valence-corrected chi connectivity index (χ4v) is 5.17.